The van der Waals surface area contributed by atoms with Crippen LogP contribution < -0.4 is 10.1 Å². The predicted molar refractivity (Wildman–Crippen MR) is 96.0 cm³/mol. The summed E-state index contributed by atoms with van der Waals surface area (Å²) in [7, 11) is 1.61. The fraction of sp³-hybridized carbons (Fsp3) is 0.312. The SMILES string of the molecule is CCCSc1nnc(NC(=O)Cc2coc3ccc(OC)cc23)s1. The Labute approximate surface area is 147 Å². The Morgan fingerprint density at radius 3 is 3.08 bits per heavy atom. The highest BCUT2D eigenvalue weighted by Gasteiger charge is 2.13. The van der Waals surface area contributed by atoms with Crippen molar-refractivity contribution in [2.75, 3.05) is 18.2 Å². The molecule has 2 heterocycles. The Hall–Kier alpha value is -2.06. The first kappa shape index (κ1) is 16.8. The molecule has 3 rings (SSSR count). The van der Waals surface area contributed by atoms with Crippen LogP contribution in [0.3, 0.4) is 0 Å². The largest absolute Gasteiger partial charge is 0.497 e. The number of rotatable bonds is 7. The lowest BCUT2D eigenvalue weighted by Crippen LogP contribution is -2.14. The molecule has 0 radical (unpaired) electrons. The van der Waals surface area contributed by atoms with Gasteiger partial charge in [0.05, 0.1) is 19.8 Å². The smallest absolute Gasteiger partial charge is 0.230 e. The number of aromatic nitrogens is 2. The number of hydrogen-bond acceptors (Lipinski definition) is 7. The number of nitrogens with zero attached hydrogens (tertiary/aromatic N) is 2. The van der Waals surface area contributed by atoms with Gasteiger partial charge in [-0.15, -0.1) is 10.2 Å². The average Bonchev–Trinajstić information content (AvgIpc) is 3.19. The van der Waals surface area contributed by atoms with E-state index in [0.717, 1.165) is 38.8 Å². The third kappa shape index (κ3) is 3.88. The van der Waals surface area contributed by atoms with Crippen LogP contribution in [-0.4, -0.2) is 29.0 Å². The fourth-order valence-corrected chi connectivity index (χ4v) is 3.86. The summed E-state index contributed by atoms with van der Waals surface area (Å²) in [5, 5.41) is 12.2. The van der Waals surface area contributed by atoms with Gasteiger partial charge in [-0.1, -0.05) is 30.0 Å². The van der Waals surface area contributed by atoms with Crippen molar-refractivity contribution >= 4 is 45.1 Å². The molecule has 0 unspecified atom stereocenters. The van der Waals surface area contributed by atoms with E-state index in [2.05, 4.69) is 22.4 Å². The zero-order chi connectivity index (χ0) is 16.9. The van der Waals surface area contributed by atoms with Crippen LogP contribution in [-0.2, 0) is 11.2 Å². The summed E-state index contributed by atoms with van der Waals surface area (Å²) in [4.78, 5) is 12.2. The van der Waals surface area contributed by atoms with Crippen molar-refractivity contribution in [1.82, 2.24) is 10.2 Å². The van der Waals surface area contributed by atoms with E-state index >= 15 is 0 Å². The lowest BCUT2D eigenvalue weighted by Gasteiger charge is -2.01. The van der Waals surface area contributed by atoms with E-state index in [4.69, 9.17) is 9.15 Å². The predicted octanol–water partition coefficient (Wildman–Crippen LogP) is 3.98. The number of carbonyl (C=O) groups excluding carboxylic acids is 1. The number of anilines is 1. The number of thioether (sulfide) groups is 1. The molecule has 24 heavy (non-hydrogen) atoms. The Balaban J connectivity index is 1.67. The molecule has 1 amide bonds. The molecular formula is C16H17N3O3S2. The zero-order valence-electron chi connectivity index (χ0n) is 13.4. The van der Waals surface area contributed by atoms with Gasteiger partial charge in [0, 0.05) is 16.7 Å². The van der Waals surface area contributed by atoms with E-state index in [9.17, 15) is 4.79 Å². The second-order valence-corrected chi connectivity index (χ2v) is 7.39. The van der Waals surface area contributed by atoms with E-state index in [1.54, 1.807) is 25.1 Å². The van der Waals surface area contributed by atoms with E-state index in [1.165, 1.54) is 11.3 Å². The zero-order valence-corrected chi connectivity index (χ0v) is 15.0. The monoisotopic (exact) mass is 363 g/mol. The lowest BCUT2D eigenvalue weighted by molar-refractivity contribution is -0.115. The number of nitrogens with one attached hydrogen (secondary N) is 1. The van der Waals surface area contributed by atoms with E-state index < -0.39 is 0 Å². The molecule has 0 saturated carbocycles. The van der Waals surface area contributed by atoms with Crippen LogP contribution in [0.25, 0.3) is 11.0 Å². The molecule has 0 aliphatic heterocycles. The maximum atomic E-state index is 12.2. The van der Waals surface area contributed by atoms with E-state index in [0.29, 0.717) is 5.13 Å². The van der Waals surface area contributed by atoms with Crippen molar-refractivity contribution in [3.63, 3.8) is 0 Å². The Bertz CT molecular complexity index is 844. The lowest BCUT2D eigenvalue weighted by atomic mass is 10.1. The summed E-state index contributed by atoms with van der Waals surface area (Å²) in [6, 6.07) is 5.52. The van der Waals surface area contributed by atoms with Crippen molar-refractivity contribution in [2.45, 2.75) is 24.1 Å². The van der Waals surface area contributed by atoms with E-state index in [-0.39, 0.29) is 12.3 Å². The molecule has 0 atom stereocenters. The molecule has 0 aliphatic carbocycles. The van der Waals surface area contributed by atoms with Gasteiger partial charge in [-0.05, 0) is 24.6 Å². The Kier molecular flexibility index (Phi) is 5.37. The Morgan fingerprint density at radius 2 is 2.29 bits per heavy atom. The van der Waals surface area contributed by atoms with Gasteiger partial charge in [-0.25, -0.2) is 0 Å². The molecule has 0 saturated heterocycles. The van der Waals surface area contributed by atoms with Gasteiger partial charge in [-0.2, -0.15) is 0 Å². The second-order valence-electron chi connectivity index (χ2n) is 5.07. The van der Waals surface area contributed by atoms with Gasteiger partial charge in [0.1, 0.15) is 11.3 Å². The summed E-state index contributed by atoms with van der Waals surface area (Å²) in [6.07, 6.45) is 2.88. The van der Waals surface area contributed by atoms with Crippen LogP contribution in [0.4, 0.5) is 5.13 Å². The molecule has 6 nitrogen and oxygen atoms in total. The van der Waals surface area contributed by atoms with Crippen molar-refractivity contribution in [1.29, 1.82) is 0 Å². The number of ether oxygens (including phenoxy) is 1. The van der Waals surface area contributed by atoms with Crippen LogP contribution in [0.2, 0.25) is 0 Å². The second kappa shape index (κ2) is 7.67. The third-order valence-electron chi connectivity index (χ3n) is 3.29. The first-order valence-electron chi connectivity index (χ1n) is 7.50. The first-order valence-corrected chi connectivity index (χ1v) is 9.30. The molecule has 2 aromatic heterocycles. The molecule has 0 bridgehead atoms. The summed E-state index contributed by atoms with van der Waals surface area (Å²) >= 11 is 3.03. The summed E-state index contributed by atoms with van der Waals surface area (Å²) in [5.41, 5.74) is 1.54. The van der Waals surface area contributed by atoms with Crippen molar-refractivity contribution in [3.05, 3.63) is 30.0 Å². The highest BCUT2D eigenvalue weighted by atomic mass is 32.2. The van der Waals surface area contributed by atoms with Crippen LogP contribution in [0, 0.1) is 0 Å². The number of furan rings is 1. The van der Waals surface area contributed by atoms with Gasteiger partial charge in [0.25, 0.3) is 0 Å². The molecular weight excluding hydrogens is 346 g/mol. The number of fused-ring (bicyclic) bond motifs is 1. The van der Waals surface area contributed by atoms with Gasteiger partial charge >= 0.3 is 0 Å². The van der Waals surface area contributed by atoms with Crippen molar-refractivity contribution < 1.29 is 13.9 Å². The first-order chi connectivity index (χ1) is 11.7. The maximum absolute atomic E-state index is 12.2. The third-order valence-corrected chi connectivity index (χ3v) is 5.47. The molecule has 1 aromatic carbocycles. The topological polar surface area (TPSA) is 77.3 Å². The minimum absolute atomic E-state index is 0.149. The van der Waals surface area contributed by atoms with Crippen LogP contribution in [0.15, 0.2) is 33.2 Å². The minimum Gasteiger partial charge on any atom is -0.497 e. The minimum atomic E-state index is -0.149. The number of amides is 1. The van der Waals surface area contributed by atoms with Crippen LogP contribution in [0.5, 0.6) is 5.75 Å². The molecule has 0 aliphatic rings. The van der Waals surface area contributed by atoms with Gasteiger partial charge in [0.2, 0.25) is 11.0 Å². The fourth-order valence-electron chi connectivity index (χ4n) is 2.17. The normalized spacial score (nSPS) is 10.9. The highest BCUT2D eigenvalue weighted by Crippen LogP contribution is 2.28. The molecule has 3 aromatic rings. The van der Waals surface area contributed by atoms with Crippen LogP contribution >= 0.6 is 23.1 Å². The number of hydrogen-bond donors (Lipinski definition) is 1. The average molecular weight is 363 g/mol. The number of carbonyl (C=O) groups is 1. The molecule has 8 heteroatoms. The highest BCUT2D eigenvalue weighted by molar-refractivity contribution is 8.01. The quantitative estimate of drug-likeness (QED) is 0.505. The van der Waals surface area contributed by atoms with Gasteiger partial charge in [0.15, 0.2) is 4.34 Å². The Morgan fingerprint density at radius 1 is 1.42 bits per heavy atom. The van der Waals surface area contributed by atoms with Crippen molar-refractivity contribution in [2.24, 2.45) is 0 Å². The van der Waals surface area contributed by atoms with Gasteiger partial charge < -0.3 is 14.5 Å². The van der Waals surface area contributed by atoms with Crippen LogP contribution in [0.1, 0.15) is 18.9 Å². The molecule has 126 valence electrons. The molecule has 1 N–H and O–H groups in total. The van der Waals surface area contributed by atoms with E-state index in [1.807, 2.05) is 18.2 Å². The molecule has 0 fully saturated rings. The molecule has 0 spiro atoms. The summed E-state index contributed by atoms with van der Waals surface area (Å²) in [6.45, 7) is 2.11. The van der Waals surface area contributed by atoms with Crippen molar-refractivity contribution in [3.8, 4) is 5.75 Å². The summed E-state index contributed by atoms with van der Waals surface area (Å²) in [5.74, 6) is 1.57. The standard InChI is InChI=1S/C16H17N3O3S2/c1-3-6-23-16-19-18-15(24-16)17-14(20)7-10-9-22-13-5-4-11(21-2)8-12(10)13/h4-5,8-9H,3,6-7H2,1-2H3,(H,17,18,20). The maximum Gasteiger partial charge on any atom is 0.230 e. The number of methoxy groups -OCH3 is 1. The number of benzene rings is 1. The summed E-state index contributed by atoms with van der Waals surface area (Å²) < 4.78 is 11.6. The van der Waals surface area contributed by atoms with Gasteiger partial charge in [-0.3, -0.25) is 4.79 Å².